The Morgan fingerprint density at radius 3 is 2.66 bits per heavy atom. The summed E-state index contributed by atoms with van der Waals surface area (Å²) in [5, 5.41) is 13.6. The number of carbonyl (C=O) groups excluding carboxylic acids is 3. The first-order chi connectivity index (χ1) is 15.2. The molecule has 3 rings (SSSR count). The first-order valence-corrected chi connectivity index (χ1v) is 10.8. The third-order valence-corrected chi connectivity index (χ3v) is 5.69. The minimum absolute atomic E-state index is 0.0585. The molecule has 0 saturated carbocycles. The lowest BCUT2D eigenvalue weighted by Gasteiger charge is -2.19. The summed E-state index contributed by atoms with van der Waals surface area (Å²) in [6, 6.07) is 9.53. The summed E-state index contributed by atoms with van der Waals surface area (Å²) in [6.07, 6.45) is 1.10. The van der Waals surface area contributed by atoms with E-state index in [1.807, 2.05) is 44.2 Å². The summed E-state index contributed by atoms with van der Waals surface area (Å²) in [6.45, 7) is 7.69. The van der Waals surface area contributed by atoms with Crippen LogP contribution in [0.2, 0.25) is 0 Å². The van der Waals surface area contributed by atoms with E-state index in [2.05, 4.69) is 20.8 Å². The summed E-state index contributed by atoms with van der Waals surface area (Å²) in [7, 11) is 0. The molecule has 0 spiro atoms. The van der Waals surface area contributed by atoms with Crippen LogP contribution in [-0.4, -0.2) is 41.1 Å². The van der Waals surface area contributed by atoms with Crippen molar-refractivity contribution < 1.29 is 23.9 Å². The van der Waals surface area contributed by atoms with Gasteiger partial charge in [-0.1, -0.05) is 30.3 Å². The molecule has 1 aromatic rings. The van der Waals surface area contributed by atoms with Gasteiger partial charge in [0.05, 0.1) is 11.5 Å². The van der Waals surface area contributed by atoms with E-state index in [9.17, 15) is 14.4 Å². The van der Waals surface area contributed by atoms with Gasteiger partial charge in [-0.05, 0) is 50.6 Å². The van der Waals surface area contributed by atoms with E-state index in [0.717, 1.165) is 23.4 Å². The number of nitrogens with one attached hydrogen (secondary N) is 2. The summed E-state index contributed by atoms with van der Waals surface area (Å²) in [5.74, 6) is -1.37. The molecule has 0 unspecified atom stereocenters. The van der Waals surface area contributed by atoms with Crippen LogP contribution >= 0.6 is 11.8 Å². The number of nitrogens with zero attached hydrogens (tertiary/aromatic N) is 2. The Morgan fingerprint density at radius 1 is 1.25 bits per heavy atom. The predicted molar refractivity (Wildman–Crippen MR) is 121 cm³/mol. The second kappa shape index (κ2) is 9.82. The van der Waals surface area contributed by atoms with Crippen molar-refractivity contribution in [1.29, 1.82) is 0 Å². The lowest BCUT2D eigenvalue weighted by atomic mass is 9.97. The Bertz CT molecular complexity index is 1060. The highest BCUT2D eigenvalue weighted by Crippen LogP contribution is 2.33. The average molecular weight is 457 g/mol. The van der Waals surface area contributed by atoms with Gasteiger partial charge >= 0.3 is 5.97 Å². The van der Waals surface area contributed by atoms with E-state index < -0.39 is 17.5 Å². The molecule has 0 aromatic heterocycles. The van der Waals surface area contributed by atoms with Crippen LogP contribution in [0.3, 0.4) is 0 Å². The number of rotatable bonds is 6. The molecular weight excluding hydrogens is 432 g/mol. The van der Waals surface area contributed by atoms with E-state index in [1.54, 1.807) is 13.8 Å². The largest absolute Gasteiger partial charge is 0.465 e. The predicted octanol–water partition coefficient (Wildman–Crippen LogP) is 2.41. The summed E-state index contributed by atoms with van der Waals surface area (Å²) >= 11 is 0.945. The maximum absolute atomic E-state index is 12.9. The Hall–Kier alpha value is -3.40. The molecular formula is C22H24N4O5S. The van der Waals surface area contributed by atoms with Crippen LogP contribution in [-0.2, 0) is 30.4 Å². The highest BCUT2D eigenvalue weighted by atomic mass is 32.2. The van der Waals surface area contributed by atoms with Crippen LogP contribution in [0.1, 0.15) is 33.3 Å². The van der Waals surface area contributed by atoms with Gasteiger partial charge in [-0.2, -0.15) is 0 Å². The molecule has 2 N–H and O–H groups in total. The maximum Gasteiger partial charge on any atom is 0.332 e. The van der Waals surface area contributed by atoms with Gasteiger partial charge in [0.1, 0.15) is 11.2 Å². The van der Waals surface area contributed by atoms with Crippen LogP contribution in [0.5, 0.6) is 0 Å². The summed E-state index contributed by atoms with van der Waals surface area (Å²) in [5.41, 5.74) is 1.24. The lowest BCUT2D eigenvalue weighted by Crippen LogP contribution is -2.27. The Balaban J connectivity index is 1.77. The number of ether oxygens (including phenoxy) is 2. The van der Waals surface area contributed by atoms with Gasteiger partial charge in [0.15, 0.2) is 5.17 Å². The van der Waals surface area contributed by atoms with E-state index >= 15 is 0 Å². The van der Waals surface area contributed by atoms with Crippen LogP contribution in [0, 0.1) is 0 Å². The number of carbonyl (C=O) groups is 3. The van der Waals surface area contributed by atoms with Crippen molar-refractivity contribution in [3.05, 3.63) is 58.0 Å². The molecule has 0 atom stereocenters. The number of hydrogen-bond acceptors (Lipinski definition) is 8. The molecule has 2 heterocycles. The second-order valence-corrected chi connectivity index (χ2v) is 8.44. The van der Waals surface area contributed by atoms with Crippen LogP contribution < -0.4 is 10.6 Å². The first-order valence-electron chi connectivity index (χ1n) is 9.97. The quantitative estimate of drug-likeness (QED) is 0.386. The molecule has 1 saturated heterocycles. The topological polar surface area (TPSA) is 118 Å². The van der Waals surface area contributed by atoms with Crippen molar-refractivity contribution >= 4 is 40.6 Å². The molecule has 1 aromatic carbocycles. The molecule has 0 bridgehead atoms. The van der Waals surface area contributed by atoms with Crippen molar-refractivity contribution in [3.63, 3.8) is 0 Å². The van der Waals surface area contributed by atoms with Gasteiger partial charge in [-0.25, -0.2) is 4.79 Å². The molecule has 1 fully saturated rings. The van der Waals surface area contributed by atoms with Crippen molar-refractivity contribution in [2.75, 3.05) is 6.61 Å². The molecule has 2 aliphatic rings. The molecule has 0 radical (unpaired) electrons. The van der Waals surface area contributed by atoms with E-state index in [0.29, 0.717) is 17.7 Å². The highest BCUT2D eigenvalue weighted by Gasteiger charge is 2.39. The monoisotopic (exact) mass is 456 g/mol. The van der Waals surface area contributed by atoms with Gasteiger partial charge < -0.3 is 14.8 Å². The van der Waals surface area contributed by atoms with E-state index in [4.69, 9.17) is 9.47 Å². The fourth-order valence-corrected chi connectivity index (χ4v) is 3.62. The SMILES string of the molecule is CCOC(=O)C=C1SC(=NN=C2OC(C)(C)C(C)=C2C(=O)NCc2ccccc2)NC1=O. The minimum atomic E-state index is -0.737. The first kappa shape index (κ1) is 23.3. The summed E-state index contributed by atoms with van der Waals surface area (Å²) in [4.78, 5) is 36.6. The number of amidine groups is 1. The second-order valence-electron chi connectivity index (χ2n) is 7.41. The lowest BCUT2D eigenvalue weighted by molar-refractivity contribution is -0.137. The van der Waals surface area contributed by atoms with Gasteiger partial charge in [-0.3, -0.25) is 14.9 Å². The number of hydrogen-bond donors (Lipinski definition) is 2. The minimum Gasteiger partial charge on any atom is -0.465 e. The third kappa shape index (κ3) is 5.44. The number of thioether (sulfide) groups is 1. The van der Waals surface area contributed by atoms with Crippen molar-refractivity contribution in [2.24, 2.45) is 10.2 Å². The smallest absolute Gasteiger partial charge is 0.332 e. The fraction of sp³-hybridized carbons (Fsp3) is 0.318. The number of benzene rings is 1. The fourth-order valence-electron chi connectivity index (χ4n) is 2.89. The number of amides is 2. The van der Waals surface area contributed by atoms with Gasteiger partial charge in [0, 0.05) is 12.6 Å². The highest BCUT2D eigenvalue weighted by molar-refractivity contribution is 8.18. The molecule has 32 heavy (non-hydrogen) atoms. The van der Waals surface area contributed by atoms with Crippen molar-refractivity contribution in [2.45, 2.75) is 39.8 Å². The molecule has 10 heteroatoms. The van der Waals surface area contributed by atoms with Crippen LogP contribution in [0.4, 0.5) is 0 Å². The zero-order valence-electron chi connectivity index (χ0n) is 18.2. The summed E-state index contributed by atoms with van der Waals surface area (Å²) < 4.78 is 10.7. The van der Waals surface area contributed by atoms with Gasteiger partial charge in [-0.15, -0.1) is 10.2 Å². The standard InChI is InChI=1S/C22H24N4O5S/c1-5-30-16(27)11-15-18(28)24-21(32-15)26-25-20-17(13(2)22(3,4)31-20)19(29)23-12-14-9-7-6-8-10-14/h6-11H,5,12H2,1-4H3,(H,23,29)(H,24,26,28). The third-order valence-electron chi connectivity index (χ3n) is 4.78. The molecule has 2 amide bonds. The molecule has 168 valence electrons. The zero-order valence-corrected chi connectivity index (χ0v) is 19.0. The van der Waals surface area contributed by atoms with Crippen molar-refractivity contribution in [1.82, 2.24) is 10.6 Å². The van der Waals surface area contributed by atoms with Gasteiger partial charge in [0.25, 0.3) is 11.8 Å². The molecule has 0 aliphatic carbocycles. The van der Waals surface area contributed by atoms with E-state index in [-0.39, 0.29) is 28.5 Å². The molecule has 9 nitrogen and oxygen atoms in total. The Kier molecular flexibility index (Phi) is 7.14. The Morgan fingerprint density at radius 2 is 1.97 bits per heavy atom. The van der Waals surface area contributed by atoms with Crippen LogP contribution in [0.25, 0.3) is 0 Å². The average Bonchev–Trinajstić information content (AvgIpc) is 3.21. The molecule has 2 aliphatic heterocycles. The number of esters is 1. The Labute approximate surface area is 190 Å². The van der Waals surface area contributed by atoms with Crippen molar-refractivity contribution in [3.8, 4) is 0 Å². The maximum atomic E-state index is 12.9. The normalized spacial score (nSPS) is 21.1. The van der Waals surface area contributed by atoms with Crippen LogP contribution in [0.15, 0.2) is 62.7 Å². The zero-order chi connectivity index (χ0) is 23.3. The van der Waals surface area contributed by atoms with Gasteiger partial charge in [0.2, 0.25) is 5.90 Å². The van der Waals surface area contributed by atoms with E-state index in [1.165, 1.54) is 0 Å².